The molecule has 0 atom stereocenters. The summed E-state index contributed by atoms with van der Waals surface area (Å²) in [6.07, 6.45) is 0. The van der Waals surface area contributed by atoms with Crippen LogP contribution in [0.1, 0.15) is 21.5 Å². The van der Waals surface area contributed by atoms with Gasteiger partial charge in [0.25, 0.3) is 0 Å². The highest BCUT2D eigenvalue weighted by Crippen LogP contribution is 2.27. The van der Waals surface area contributed by atoms with Gasteiger partial charge in [0.15, 0.2) is 0 Å². The number of thioether (sulfide) groups is 1. The minimum absolute atomic E-state index is 0.307. The highest BCUT2D eigenvalue weighted by molar-refractivity contribution is 7.98. The van der Waals surface area contributed by atoms with Crippen molar-refractivity contribution >= 4 is 23.4 Å². The molecule has 0 aliphatic heterocycles. The molecule has 20 heavy (non-hydrogen) atoms. The molecule has 0 saturated heterocycles. The van der Waals surface area contributed by atoms with Crippen molar-refractivity contribution in [3.05, 3.63) is 59.2 Å². The molecular weight excluding hydrogens is 270 g/mol. The first-order valence-electron chi connectivity index (χ1n) is 6.26. The summed E-state index contributed by atoms with van der Waals surface area (Å²) in [5.41, 5.74) is 9.45. The molecule has 0 aromatic heterocycles. The molecule has 0 aliphatic rings. The van der Waals surface area contributed by atoms with Gasteiger partial charge < -0.3 is 10.5 Å². The lowest BCUT2D eigenvalue weighted by molar-refractivity contribution is 0.0600. The average molecular weight is 287 g/mol. The van der Waals surface area contributed by atoms with Crippen LogP contribution < -0.4 is 5.73 Å². The molecule has 2 aromatic carbocycles. The Hall–Kier alpha value is -1.94. The Morgan fingerprint density at radius 1 is 1.20 bits per heavy atom. The van der Waals surface area contributed by atoms with Crippen molar-refractivity contribution < 1.29 is 9.53 Å². The third-order valence-corrected chi connectivity index (χ3v) is 4.22. The van der Waals surface area contributed by atoms with E-state index in [-0.39, 0.29) is 5.97 Å². The lowest BCUT2D eigenvalue weighted by atomic mass is 10.1. The Bertz CT molecular complexity index is 608. The van der Waals surface area contributed by atoms with Crippen molar-refractivity contribution in [2.75, 3.05) is 12.8 Å². The van der Waals surface area contributed by atoms with E-state index in [9.17, 15) is 4.79 Å². The van der Waals surface area contributed by atoms with Crippen molar-refractivity contribution in [3.63, 3.8) is 0 Å². The quantitative estimate of drug-likeness (QED) is 0.530. The number of hydrogen-bond acceptors (Lipinski definition) is 4. The number of methoxy groups -OCH3 is 1. The number of anilines is 1. The summed E-state index contributed by atoms with van der Waals surface area (Å²) in [7, 11) is 1.38. The number of esters is 1. The van der Waals surface area contributed by atoms with Crippen molar-refractivity contribution in [2.24, 2.45) is 0 Å². The van der Waals surface area contributed by atoms with E-state index in [1.54, 1.807) is 23.9 Å². The zero-order chi connectivity index (χ0) is 14.5. The summed E-state index contributed by atoms with van der Waals surface area (Å²) in [6, 6.07) is 13.4. The molecule has 0 spiro atoms. The van der Waals surface area contributed by atoms with Gasteiger partial charge in [-0.05, 0) is 48.4 Å². The second-order valence-electron chi connectivity index (χ2n) is 4.50. The van der Waals surface area contributed by atoms with Crippen molar-refractivity contribution in [2.45, 2.75) is 17.6 Å². The number of hydrogen-bond donors (Lipinski definition) is 1. The monoisotopic (exact) mass is 287 g/mol. The maximum atomic E-state index is 11.3. The Balaban J connectivity index is 2.02. The van der Waals surface area contributed by atoms with E-state index in [4.69, 9.17) is 5.73 Å². The van der Waals surface area contributed by atoms with E-state index in [1.807, 2.05) is 30.3 Å². The lowest BCUT2D eigenvalue weighted by Crippen LogP contribution is -2.00. The number of aryl methyl sites for hydroxylation is 1. The largest absolute Gasteiger partial charge is 0.465 e. The number of rotatable bonds is 4. The zero-order valence-electron chi connectivity index (χ0n) is 11.6. The molecule has 0 radical (unpaired) electrons. The highest BCUT2D eigenvalue weighted by Gasteiger charge is 2.05. The molecule has 0 unspecified atom stereocenters. The normalized spacial score (nSPS) is 10.3. The number of carbonyl (C=O) groups is 1. The summed E-state index contributed by atoms with van der Waals surface area (Å²) in [4.78, 5) is 12.6. The number of nitrogens with two attached hydrogens (primary N) is 1. The van der Waals surface area contributed by atoms with Gasteiger partial charge in [0, 0.05) is 16.3 Å². The maximum Gasteiger partial charge on any atom is 0.337 e. The van der Waals surface area contributed by atoms with Crippen LogP contribution in [0.5, 0.6) is 0 Å². The average Bonchev–Trinajstić information content (AvgIpc) is 2.46. The molecule has 0 heterocycles. The van der Waals surface area contributed by atoms with Crippen LogP contribution in [-0.4, -0.2) is 13.1 Å². The highest BCUT2D eigenvalue weighted by atomic mass is 32.2. The molecule has 3 nitrogen and oxygen atoms in total. The third-order valence-electron chi connectivity index (χ3n) is 2.97. The van der Waals surface area contributed by atoms with Crippen molar-refractivity contribution in [1.82, 2.24) is 0 Å². The Labute approximate surface area is 123 Å². The third kappa shape index (κ3) is 3.54. The molecular formula is C16H17NO2S. The van der Waals surface area contributed by atoms with E-state index in [1.165, 1.54) is 23.1 Å². The van der Waals surface area contributed by atoms with E-state index < -0.39 is 0 Å². The maximum absolute atomic E-state index is 11.3. The predicted octanol–water partition coefficient (Wildman–Crippen LogP) is 3.66. The summed E-state index contributed by atoms with van der Waals surface area (Å²) in [5, 5.41) is 0. The fourth-order valence-corrected chi connectivity index (χ4v) is 2.82. The molecule has 4 heteroatoms. The first-order chi connectivity index (χ1) is 9.60. The van der Waals surface area contributed by atoms with Gasteiger partial charge in [0.2, 0.25) is 0 Å². The SMILES string of the molecule is COC(=O)c1ccc(CSc2ccc(N)cc2C)cc1. The Morgan fingerprint density at radius 3 is 2.50 bits per heavy atom. The Morgan fingerprint density at radius 2 is 1.90 bits per heavy atom. The van der Waals surface area contributed by atoms with Crippen molar-refractivity contribution in [1.29, 1.82) is 0 Å². The number of ether oxygens (including phenoxy) is 1. The van der Waals surface area contributed by atoms with Gasteiger partial charge in [-0.1, -0.05) is 12.1 Å². The number of nitrogen functional groups attached to an aromatic ring is 1. The molecule has 0 fully saturated rings. The van der Waals surface area contributed by atoms with Crippen LogP contribution in [0.2, 0.25) is 0 Å². The van der Waals surface area contributed by atoms with Gasteiger partial charge in [-0.15, -0.1) is 11.8 Å². The van der Waals surface area contributed by atoms with Gasteiger partial charge in [-0.25, -0.2) is 4.79 Å². The smallest absolute Gasteiger partial charge is 0.337 e. The molecule has 0 amide bonds. The minimum atomic E-state index is -0.307. The van der Waals surface area contributed by atoms with E-state index in [0.29, 0.717) is 5.56 Å². The van der Waals surface area contributed by atoms with Crippen molar-refractivity contribution in [3.8, 4) is 0 Å². The van der Waals surface area contributed by atoms with Crippen LogP contribution in [0.4, 0.5) is 5.69 Å². The number of carbonyl (C=O) groups excluding carboxylic acids is 1. The zero-order valence-corrected chi connectivity index (χ0v) is 12.4. The topological polar surface area (TPSA) is 52.3 Å². The molecule has 2 N–H and O–H groups in total. The fraction of sp³-hybridized carbons (Fsp3) is 0.188. The van der Waals surface area contributed by atoms with E-state index in [0.717, 1.165) is 11.4 Å². The van der Waals surface area contributed by atoms with Crippen LogP contribution in [-0.2, 0) is 10.5 Å². The summed E-state index contributed by atoms with van der Waals surface area (Å²) >= 11 is 1.76. The fourth-order valence-electron chi connectivity index (χ4n) is 1.85. The Kier molecular flexibility index (Phi) is 4.69. The second-order valence-corrected chi connectivity index (χ2v) is 5.52. The predicted molar refractivity (Wildman–Crippen MR) is 82.9 cm³/mol. The molecule has 0 saturated carbocycles. The van der Waals surface area contributed by atoms with Crippen LogP contribution in [0, 0.1) is 6.92 Å². The molecule has 2 rings (SSSR count). The molecule has 104 valence electrons. The van der Waals surface area contributed by atoms with Gasteiger partial charge in [0.05, 0.1) is 12.7 Å². The van der Waals surface area contributed by atoms with Gasteiger partial charge in [-0.3, -0.25) is 0 Å². The summed E-state index contributed by atoms with van der Waals surface area (Å²) < 4.78 is 4.68. The van der Waals surface area contributed by atoms with E-state index in [2.05, 4.69) is 11.7 Å². The van der Waals surface area contributed by atoms with Crippen LogP contribution >= 0.6 is 11.8 Å². The molecule has 2 aromatic rings. The standard InChI is InChI=1S/C16H17NO2S/c1-11-9-14(17)7-8-15(11)20-10-12-3-5-13(6-4-12)16(18)19-2/h3-9H,10,17H2,1-2H3. The van der Waals surface area contributed by atoms with Crippen LogP contribution in [0.15, 0.2) is 47.4 Å². The van der Waals surface area contributed by atoms with Crippen LogP contribution in [0.25, 0.3) is 0 Å². The van der Waals surface area contributed by atoms with Gasteiger partial charge in [-0.2, -0.15) is 0 Å². The number of benzene rings is 2. The molecule has 0 aliphatic carbocycles. The summed E-state index contributed by atoms with van der Waals surface area (Å²) in [6.45, 7) is 2.05. The summed E-state index contributed by atoms with van der Waals surface area (Å²) in [5.74, 6) is 0.547. The van der Waals surface area contributed by atoms with Gasteiger partial charge >= 0.3 is 5.97 Å². The first-order valence-corrected chi connectivity index (χ1v) is 7.25. The minimum Gasteiger partial charge on any atom is -0.465 e. The lowest BCUT2D eigenvalue weighted by Gasteiger charge is -2.07. The van der Waals surface area contributed by atoms with E-state index >= 15 is 0 Å². The first kappa shape index (κ1) is 14.5. The van der Waals surface area contributed by atoms with Gasteiger partial charge in [0.1, 0.15) is 0 Å². The second kappa shape index (κ2) is 6.48. The van der Waals surface area contributed by atoms with Crippen LogP contribution in [0.3, 0.4) is 0 Å². The molecule has 0 bridgehead atoms.